The molecular formula is C17H22Cl2N2O. The molecule has 5 heteroatoms. The van der Waals surface area contributed by atoms with Crippen LogP contribution in [0.1, 0.15) is 31.7 Å². The van der Waals surface area contributed by atoms with Crippen molar-refractivity contribution >= 4 is 29.1 Å². The van der Waals surface area contributed by atoms with Gasteiger partial charge in [0.25, 0.3) is 0 Å². The van der Waals surface area contributed by atoms with Gasteiger partial charge in [-0.3, -0.25) is 9.69 Å². The zero-order valence-corrected chi connectivity index (χ0v) is 14.3. The lowest BCUT2D eigenvalue weighted by atomic mass is 10.0. The minimum Gasteiger partial charge on any atom is -0.353 e. The van der Waals surface area contributed by atoms with Crippen LogP contribution in [0.25, 0.3) is 0 Å². The molecule has 1 N–H and O–H groups in total. The summed E-state index contributed by atoms with van der Waals surface area (Å²) in [6.07, 6.45) is 2.50. The Hall–Kier alpha value is -0.770. The Morgan fingerprint density at radius 2 is 1.86 bits per heavy atom. The third-order valence-corrected chi connectivity index (χ3v) is 6.03. The molecule has 1 amide bonds. The van der Waals surface area contributed by atoms with Crippen molar-refractivity contribution in [2.24, 2.45) is 5.41 Å². The van der Waals surface area contributed by atoms with Crippen LogP contribution in [0, 0.1) is 5.41 Å². The number of carbonyl (C=O) groups is 1. The van der Waals surface area contributed by atoms with Crippen LogP contribution in [0.4, 0.5) is 0 Å². The van der Waals surface area contributed by atoms with Gasteiger partial charge >= 0.3 is 0 Å². The van der Waals surface area contributed by atoms with Crippen LogP contribution in [0.2, 0.25) is 0 Å². The van der Waals surface area contributed by atoms with Crippen LogP contribution in [-0.2, 0) is 11.3 Å². The van der Waals surface area contributed by atoms with Gasteiger partial charge in [-0.05, 0) is 31.7 Å². The van der Waals surface area contributed by atoms with Crippen LogP contribution >= 0.6 is 23.2 Å². The number of rotatable bonds is 4. The number of likely N-dealkylation sites (tertiary alicyclic amines) is 1. The number of hydrogen-bond donors (Lipinski definition) is 1. The average molecular weight is 341 g/mol. The number of piperidine rings is 1. The summed E-state index contributed by atoms with van der Waals surface area (Å²) in [7, 11) is 0. The molecule has 0 bridgehead atoms. The van der Waals surface area contributed by atoms with E-state index in [0.29, 0.717) is 6.42 Å². The zero-order valence-electron chi connectivity index (χ0n) is 12.8. The Bertz CT molecular complexity index is 541. The molecule has 22 heavy (non-hydrogen) atoms. The maximum Gasteiger partial charge on any atom is 0.229 e. The Morgan fingerprint density at radius 1 is 1.27 bits per heavy atom. The molecule has 0 aromatic heterocycles. The van der Waals surface area contributed by atoms with E-state index in [2.05, 4.69) is 34.5 Å². The largest absolute Gasteiger partial charge is 0.353 e. The number of amides is 1. The van der Waals surface area contributed by atoms with Crippen molar-refractivity contribution in [3.8, 4) is 0 Å². The van der Waals surface area contributed by atoms with Gasteiger partial charge in [-0.1, -0.05) is 30.3 Å². The lowest BCUT2D eigenvalue weighted by Crippen LogP contribution is -2.46. The molecule has 120 valence electrons. The molecule has 3 nitrogen and oxygen atoms in total. The fourth-order valence-corrected chi connectivity index (χ4v) is 3.77. The summed E-state index contributed by atoms with van der Waals surface area (Å²) < 4.78 is -0.884. The minimum atomic E-state index is -0.884. The summed E-state index contributed by atoms with van der Waals surface area (Å²) in [4.78, 5) is 14.7. The highest BCUT2D eigenvalue weighted by molar-refractivity contribution is 6.53. The smallest absolute Gasteiger partial charge is 0.229 e. The standard InChI is InChI=1S/C17H22Cl2N2O/c1-16(12-17(16,18)19)15(22)20-14-7-9-21(10-8-14)11-13-5-3-2-4-6-13/h2-6,14H,7-12H2,1H3,(H,20,22)/t16-/m1/s1. The van der Waals surface area contributed by atoms with E-state index < -0.39 is 9.75 Å². The summed E-state index contributed by atoms with van der Waals surface area (Å²) in [5, 5.41) is 3.13. The maximum atomic E-state index is 12.3. The van der Waals surface area contributed by atoms with Crippen LogP contribution in [-0.4, -0.2) is 34.3 Å². The van der Waals surface area contributed by atoms with Gasteiger partial charge in [-0.2, -0.15) is 0 Å². The summed E-state index contributed by atoms with van der Waals surface area (Å²) in [6.45, 7) is 4.82. The minimum absolute atomic E-state index is 0.000917. The fourth-order valence-electron chi connectivity index (χ4n) is 3.07. The Morgan fingerprint density at radius 3 is 2.41 bits per heavy atom. The molecule has 3 rings (SSSR count). The number of alkyl halides is 2. The Kier molecular flexibility index (Phi) is 4.41. The first kappa shape index (κ1) is 16.1. The van der Waals surface area contributed by atoms with Crippen molar-refractivity contribution in [3.05, 3.63) is 35.9 Å². The van der Waals surface area contributed by atoms with E-state index in [1.165, 1.54) is 5.56 Å². The fraction of sp³-hybridized carbons (Fsp3) is 0.588. The first-order valence-electron chi connectivity index (χ1n) is 7.86. The number of nitrogens with one attached hydrogen (secondary N) is 1. The molecule has 1 saturated heterocycles. The van der Waals surface area contributed by atoms with Gasteiger partial charge in [-0.15, -0.1) is 23.2 Å². The van der Waals surface area contributed by atoms with Gasteiger partial charge in [-0.25, -0.2) is 0 Å². The van der Waals surface area contributed by atoms with Gasteiger partial charge < -0.3 is 5.32 Å². The van der Waals surface area contributed by atoms with Crippen molar-refractivity contribution in [1.82, 2.24) is 10.2 Å². The molecule has 1 aromatic rings. The molecule has 0 unspecified atom stereocenters. The summed E-state index contributed by atoms with van der Waals surface area (Å²) in [5.74, 6) is -0.000917. The zero-order chi connectivity index (χ0) is 15.8. The number of carbonyl (C=O) groups excluding carboxylic acids is 1. The van der Waals surface area contributed by atoms with Crippen molar-refractivity contribution in [1.29, 1.82) is 0 Å². The van der Waals surface area contributed by atoms with E-state index in [1.54, 1.807) is 0 Å². The van der Waals surface area contributed by atoms with Crippen molar-refractivity contribution < 1.29 is 4.79 Å². The van der Waals surface area contributed by atoms with Crippen molar-refractivity contribution in [2.45, 2.75) is 43.1 Å². The highest BCUT2D eigenvalue weighted by atomic mass is 35.5. The predicted octanol–water partition coefficient (Wildman–Crippen LogP) is 3.35. The molecule has 1 saturated carbocycles. The SMILES string of the molecule is C[C@]1(C(=O)NC2CCN(Cc3ccccc3)CC2)CC1(Cl)Cl. The summed E-state index contributed by atoms with van der Waals surface area (Å²) in [5.41, 5.74) is 0.724. The third-order valence-electron chi connectivity index (χ3n) is 4.93. The molecule has 1 atom stereocenters. The average Bonchev–Trinajstić information content (AvgIpc) is 3.02. The molecule has 1 aliphatic carbocycles. The molecule has 1 aromatic carbocycles. The molecule has 2 fully saturated rings. The Balaban J connectivity index is 1.45. The second-order valence-electron chi connectivity index (χ2n) is 6.72. The van der Waals surface area contributed by atoms with Gasteiger partial charge in [0, 0.05) is 25.7 Å². The monoisotopic (exact) mass is 340 g/mol. The summed E-state index contributed by atoms with van der Waals surface area (Å²) in [6, 6.07) is 10.7. The molecular weight excluding hydrogens is 319 g/mol. The third kappa shape index (κ3) is 3.27. The highest BCUT2D eigenvalue weighted by Crippen LogP contribution is 2.63. The predicted molar refractivity (Wildman–Crippen MR) is 90.0 cm³/mol. The summed E-state index contributed by atoms with van der Waals surface area (Å²) >= 11 is 12.1. The van der Waals surface area contributed by atoms with E-state index in [9.17, 15) is 4.79 Å². The first-order valence-corrected chi connectivity index (χ1v) is 8.61. The second kappa shape index (κ2) is 6.03. The van der Waals surface area contributed by atoms with Gasteiger partial charge in [0.2, 0.25) is 5.91 Å². The van der Waals surface area contributed by atoms with Crippen LogP contribution in [0.5, 0.6) is 0 Å². The lowest BCUT2D eigenvalue weighted by molar-refractivity contribution is -0.126. The van der Waals surface area contributed by atoms with E-state index in [0.717, 1.165) is 32.5 Å². The van der Waals surface area contributed by atoms with E-state index >= 15 is 0 Å². The van der Waals surface area contributed by atoms with Crippen LogP contribution in [0.3, 0.4) is 0 Å². The molecule has 0 spiro atoms. The molecule has 0 radical (unpaired) electrons. The van der Waals surface area contributed by atoms with Gasteiger partial charge in [0.15, 0.2) is 0 Å². The van der Waals surface area contributed by atoms with Crippen molar-refractivity contribution in [2.75, 3.05) is 13.1 Å². The Labute approximate surface area is 142 Å². The first-order chi connectivity index (χ1) is 10.4. The molecule has 1 aliphatic heterocycles. The molecule has 2 aliphatic rings. The van der Waals surface area contributed by atoms with Crippen molar-refractivity contribution in [3.63, 3.8) is 0 Å². The van der Waals surface area contributed by atoms with Gasteiger partial charge in [0.1, 0.15) is 4.33 Å². The van der Waals surface area contributed by atoms with E-state index in [1.807, 2.05) is 13.0 Å². The number of halogens is 2. The van der Waals surface area contributed by atoms with Crippen LogP contribution in [0.15, 0.2) is 30.3 Å². The van der Waals surface area contributed by atoms with E-state index in [-0.39, 0.29) is 11.9 Å². The van der Waals surface area contributed by atoms with Gasteiger partial charge in [0.05, 0.1) is 5.41 Å². The normalized spacial score (nSPS) is 28.3. The van der Waals surface area contributed by atoms with E-state index in [4.69, 9.17) is 23.2 Å². The second-order valence-corrected chi connectivity index (χ2v) is 8.21. The maximum absolute atomic E-state index is 12.3. The number of benzene rings is 1. The lowest BCUT2D eigenvalue weighted by Gasteiger charge is -2.33. The quantitative estimate of drug-likeness (QED) is 0.852. The topological polar surface area (TPSA) is 32.3 Å². The number of nitrogens with zero attached hydrogens (tertiary/aromatic N) is 1. The van der Waals surface area contributed by atoms with Crippen LogP contribution < -0.4 is 5.32 Å². The highest BCUT2D eigenvalue weighted by Gasteiger charge is 2.68. The molecule has 1 heterocycles. The number of hydrogen-bond acceptors (Lipinski definition) is 2.